The lowest BCUT2D eigenvalue weighted by Crippen LogP contribution is -2.49. The summed E-state index contributed by atoms with van der Waals surface area (Å²) in [5, 5.41) is 0. The van der Waals surface area contributed by atoms with Crippen LogP contribution in [0.25, 0.3) is 0 Å². The van der Waals surface area contributed by atoms with Crippen molar-refractivity contribution >= 4 is 39.3 Å². The molecular weight excluding hydrogens is 426 g/mol. The average molecular weight is 454 g/mol. The van der Waals surface area contributed by atoms with Crippen molar-refractivity contribution in [1.29, 1.82) is 0 Å². The second-order valence-electron chi connectivity index (χ2n) is 7.85. The van der Waals surface area contributed by atoms with Gasteiger partial charge in [-0.15, -0.1) is 11.8 Å². The van der Waals surface area contributed by atoms with Gasteiger partial charge in [-0.1, -0.05) is 0 Å². The predicted octanol–water partition coefficient (Wildman–Crippen LogP) is 1.55. The quantitative estimate of drug-likeness (QED) is 0.688. The maximum Gasteiger partial charge on any atom is 0.243 e. The molecule has 164 valence electrons. The van der Waals surface area contributed by atoms with Gasteiger partial charge in [-0.3, -0.25) is 9.59 Å². The highest BCUT2D eigenvalue weighted by molar-refractivity contribution is 8.00. The van der Waals surface area contributed by atoms with E-state index in [-0.39, 0.29) is 35.0 Å². The number of rotatable bonds is 4. The molecule has 3 aliphatic rings. The number of carbonyl (C=O) groups is 2. The highest BCUT2D eigenvalue weighted by atomic mass is 32.2. The van der Waals surface area contributed by atoms with Crippen molar-refractivity contribution in [2.24, 2.45) is 0 Å². The number of nitrogens with zero attached hydrogens (tertiary/aromatic N) is 3. The summed E-state index contributed by atoms with van der Waals surface area (Å²) in [6.45, 7) is 4.03. The summed E-state index contributed by atoms with van der Waals surface area (Å²) in [4.78, 5) is 29.9. The first-order chi connectivity index (χ1) is 14.4. The van der Waals surface area contributed by atoms with Crippen LogP contribution in [-0.2, 0) is 24.3 Å². The Kier molecular flexibility index (Phi) is 6.38. The minimum Gasteiger partial charge on any atom is -0.379 e. The first kappa shape index (κ1) is 21.6. The van der Waals surface area contributed by atoms with E-state index in [2.05, 4.69) is 0 Å². The number of ether oxygens (including phenoxy) is 1. The van der Waals surface area contributed by atoms with Gasteiger partial charge in [-0.25, -0.2) is 8.42 Å². The fraction of sp³-hybridized carbons (Fsp3) is 0.600. The van der Waals surface area contributed by atoms with Gasteiger partial charge in [0.05, 0.1) is 29.5 Å². The number of hydrogen-bond acceptors (Lipinski definition) is 6. The Morgan fingerprint density at radius 3 is 2.70 bits per heavy atom. The first-order valence-corrected chi connectivity index (χ1v) is 12.7. The largest absolute Gasteiger partial charge is 0.379 e. The zero-order valence-electron chi connectivity index (χ0n) is 17.1. The number of fused-ring (bicyclic) bond motifs is 1. The molecule has 0 bridgehead atoms. The Bertz CT molecular complexity index is 930. The van der Waals surface area contributed by atoms with Crippen molar-refractivity contribution in [2.75, 3.05) is 50.0 Å². The second-order valence-corrected chi connectivity index (χ2v) is 10.8. The summed E-state index contributed by atoms with van der Waals surface area (Å²) in [6.07, 6.45) is 3.04. The number of morpholine rings is 1. The number of sulfonamides is 1. The average Bonchev–Trinajstić information content (AvgIpc) is 2.76. The molecule has 0 unspecified atom stereocenters. The molecule has 0 saturated carbocycles. The lowest BCUT2D eigenvalue weighted by atomic mass is 10.0. The summed E-state index contributed by atoms with van der Waals surface area (Å²) in [6, 6.07) is 5.02. The van der Waals surface area contributed by atoms with Crippen LogP contribution in [0.3, 0.4) is 0 Å². The van der Waals surface area contributed by atoms with Gasteiger partial charge in [0.1, 0.15) is 6.54 Å². The zero-order chi connectivity index (χ0) is 21.3. The molecule has 4 rings (SSSR count). The molecule has 10 heteroatoms. The molecular formula is C20H27N3O5S2. The second kappa shape index (κ2) is 8.86. The predicted molar refractivity (Wildman–Crippen MR) is 114 cm³/mol. The summed E-state index contributed by atoms with van der Waals surface area (Å²) < 4.78 is 32.8. The summed E-state index contributed by atoms with van der Waals surface area (Å²) >= 11 is 1.37. The molecule has 2 fully saturated rings. The molecule has 8 nitrogen and oxygen atoms in total. The molecule has 3 heterocycles. The van der Waals surface area contributed by atoms with Gasteiger partial charge in [0, 0.05) is 30.6 Å². The monoisotopic (exact) mass is 453 g/mol. The van der Waals surface area contributed by atoms with Crippen molar-refractivity contribution in [3.63, 3.8) is 0 Å². The molecule has 0 aliphatic carbocycles. The number of carbonyl (C=O) groups excluding carboxylic acids is 2. The smallest absolute Gasteiger partial charge is 0.243 e. The number of benzene rings is 1. The maximum absolute atomic E-state index is 13.1. The number of hydrogen-bond donors (Lipinski definition) is 0. The minimum atomic E-state index is -3.68. The Labute approximate surface area is 181 Å². The number of piperidine rings is 1. The number of anilines is 1. The molecule has 0 N–H and O–H groups in total. The van der Waals surface area contributed by atoms with Crippen LogP contribution in [0, 0.1) is 0 Å². The van der Waals surface area contributed by atoms with E-state index in [9.17, 15) is 18.0 Å². The molecule has 3 aliphatic heterocycles. The number of amides is 2. The van der Waals surface area contributed by atoms with Gasteiger partial charge in [-0.2, -0.15) is 4.31 Å². The van der Waals surface area contributed by atoms with Gasteiger partial charge < -0.3 is 14.5 Å². The molecule has 1 atom stereocenters. The third-order valence-electron chi connectivity index (χ3n) is 5.90. The van der Waals surface area contributed by atoms with Crippen LogP contribution < -0.4 is 4.90 Å². The van der Waals surface area contributed by atoms with Crippen molar-refractivity contribution < 1.29 is 22.7 Å². The van der Waals surface area contributed by atoms with Crippen LogP contribution in [0.2, 0.25) is 0 Å². The van der Waals surface area contributed by atoms with E-state index in [4.69, 9.17) is 4.74 Å². The molecule has 2 amide bonds. The van der Waals surface area contributed by atoms with Crippen molar-refractivity contribution in [1.82, 2.24) is 9.21 Å². The van der Waals surface area contributed by atoms with Crippen molar-refractivity contribution in [2.45, 2.75) is 42.0 Å². The normalized spacial score (nSPS) is 23.4. The minimum absolute atomic E-state index is 0.0577. The third kappa shape index (κ3) is 4.23. The van der Waals surface area contributed by atoms with Gasteiger partial charge >= 0.3 is 0 Å². The molecule has 0 spiro atoms. The molecule has 1 aromatic rings. The Hall–Kier alpha value is -1.62. The molecule has 1 aromatic carbocycles. The van der Waals surface area contributed by atoms with Crippen LogP contribution >= 0.6 is 11.8 Å². The van der Waals surface area contributed by atoms with E-state index in [1.807, 2.05) is 11.8 Å². The van der Waals surface area contributed by atoms with Crippen molar-refractivity contribution in [3.8, 4) is 0 Å². The maximum atomic E-state index is 13.1. The van der Waals surface area contributed by atoms with E-state index in [1.54, 1.807) is 12.1 Å². The van der Waals surface area contributed by atoms with Gasteiger partial charge in [0.2, 0.25) is 21.8 Å². The Balaban J connectivity index is 1.61. The molecule has 0 radical (unpaired) electrons. The van der Waals surface area contributed by atoms with Crippen LogP contribution in [0.5, 0.6) is 0 Å². The van der Waals surface area contributed by atoms with Gasteiger partial charge in [-0.05, 0) is 44.4 Å². The highest BCUT2D eigenvalue weighted by Crippen LogP contribution is 2.37. The molecule has 30 heavy (non-hydrogen) atoms. The number of likely N-dealkylation sites (tertiary alicyclic amines) is 1. The van der Waals surface area contributed by atoms with Gasteiger partial charge in [0.25, 0.3) is 0 Å². The first-order valence-electron chi connectivity index (χ1n) is 10.3. The van der Waals surface area contributed by atoms with E-state index in [1.165, 1.54) is 27.0 Å². The zero-order valence-corrected chi connectivity index (χ0v) is 18.7. The summed E-state index contributed by atoms with van der Waals surface area (Å²) in [5.74, 6) is -0.0212. The Morgan fingerprint density at radius 1 is 1.20 bits per heavy atom. The topological polar surface area (TPSA) is 87.2 Å². The summed E-state index contributed by atoms with van der Waals surface area (Å²) in [7, 11) is -3.68. The van der Waals surface area contributed by atoms with E-state index in [0.717, 1.165) is 24.2 Å². The fourth-order valence-electron chi connectivity index (χ4n) is 4.15. The van der Waals surface area contributed by atoms with Crippen molar-refractivity contribution in [3.05, 3.63) is 18.2 Å². The van der Waals surface area contributed by atoms with Crippen LogP contribution in [0.4, 0.5) is 5.69 Å². The third-order valence-corrected chi connectivity index (χ3v) is 8.84. The van der Waals surface area contributed by atoms with Crippen LogP contribution in [0.15, 0.2) is 28.0 Å². The lowest BCUT2D eigenvalue weighted by Gasteiger charge is -2.36. The highest BCUT2D eigenvalue weighted by Gasteiger charge is 2.33. The lowest BCUT2D eigenvalue weighted by molar-refractivity contribution is -0.134. The van der Waals surface area contributed by atoms with Crippen LogP contribution in [-0.4, -0.2) is 80.6 Å². The van der Waals surface area contributed by atoms with Gasteiger partial charge in [0.15, 0.2) is 0 Å². The summed E-state index contributed by atoms with van der Waals surface area (Å²) in [5.41, 5.74) is 0.503. The fourth-order valence-corrected chi connectivity index (χ4v) is 6.49. The molecule has 2 saturated heterocycles. The standard InChI is InChI=1S/C20H27N3O5S2/c1-15-4-2-3-7-22(15)19(24)13-23-17-12-16(5-6-18(17)29-14-20(23)25)30(26,27)21-8-10-28-11-9-21/h5-6,12,15H,2-4,7-11,13-14H2,1H3/t15-/m1/s1. The molecule has 0 aromatic heterocycles. The van der Waals surface area contributed by atoms with E-state index in [0.29, 0.717) is 38.5 Å². The Morgan fingerprint density at radius 2 is 1.97 bits per heavy atom. The van der Waals surface area contributed by atoms with E-state index < -0.39 is 10.0 Å². The SMILES string of the molecule is C[C@@H]1CCCCN1C(=O)CN1C(=O)CSc2ccc(S(=O)(=O)N3CCOCC3)cc21. The number of thioether (sulfide) groups is 1. The van der Waals surface area contributed by atoms with Crippen LogP contribution in [0.1, 0.15) is 26.2 Å². The van der Waals surface area contributed by atoms with E-state index >= 15 is 0 Å².